The number of hydrogen-bond donors (Lipinski definition) is 1. The molecule has 2 fully saturated rings. The molecule has 0 bridgehead atoms. The van der Waals surface area contributed by atoms with Gasteiger partial charge in [0, 0.05) is 51.0 Å². The van der Waals surface area contributed by atoms with Crippen LogP contribution in [0.25, 0.3) is 0 Å². The maximum atomic E-state index is 9.47. The minimum atomic E-state index is 0.349. The second-order valence-corrected chi connectivity index (χ2v) is 8.01. The Morgan fingerprint density at radius 1 is 0.926 bits per heavy atom. The minimum Gasteiger partial charge on any atom is -0.508 e. The predicted octanol–water partition coefficient (Wildman–Crippen LogP) is 3.49. The molecule has 2 aliphatic heterocycles. The van der Waals surface area contributed by atoms with Crippen molar-refractivity contribution in [3.05, 3.63) is 59.7 Å². The molecule has 2 heterocycles. The Kier molecular flexibility index (Phi) is 5.65. The summed E-state index contributed by atoms with van der Waals surface area (Å²) in [6, 6.07) is 17.1. The number of phenolic OH excluding ortho intramolecular Hbond substituents is 1. The molecule has 144 valence electrons. The average Bonchev–Trinajstić information content (AvgIpc) is 2.71. The van der Waals surface area contributed by atoms with E-state index in [0.717, 1.165) is 39.3 Å². The van der Waals surface area contributed by atoms with Crippen LogP contribution in [0.5, 0.6) is 5.75 Å². The van der Waals surface area contributed by atoms with Gasteiger partial charge < -0.3 is 10.0 Å². The van der Waals surface area contributed by atoms with Crippen LogP contribution in [0.2, 0.25) is 0 Å². The maximum Gasteiger partial charge on any atom is 0.115 e. The van der Waals surface area contributed by atoms with Crippen LogP contribution in [0, 0.1) is 6.92 Å². The maximum absolute atomic E-state index is 9.47. The van der Waals surface area contributed by atoms with Crippen LogP contribution >= 0.6 is 0 Å². The lowest BCUT2D eigenvalue weighted by molar-refractivity contribution is 0.0887. The molecule has 1 N–H and O–H groups in total. The molecule has 2 aromatic rings. The first-order chi connectivity index (χ1) is 13.2. The lowest BCUT2D eigenvalue weighted by Gasteiger charge is -2.44. The largest absolute Gasteiger partial charge is 0.508 e. The van der Waals surface area contributed by atoms with E-state index in [1.807, 2.05) is 12.1 Å². The Morgan fingerprint density at radius 3 is 2.41 bits per heavy atom. The topological polar surface area (TPSA) is 30.0 Å². The van der Waals surface area contributed by atoms with Gasteiger partial charge in [0.25, 0.3) is 0 Å². The molecule has 1 atom stereocenters. The van der Waals surface area contributed by atoms with Gasteiger partial charge in [0.05, 0.1) is 0 Å². The highest BCUT2D eigenvalue weighted by Crippen LogP contribution is 2.24. The Labute approximate surface area is 163 Å². The van der Waals surface area contributed by atoms with E-state index in [2.05, 4.69) is 45.9 Å². The molecule has 0 spiro atoms. The first kappa shape index (κ1) is 18.3. The molecule has 4 rings (SSSR count). The second-order valence-electron chi connectivity index (χ2n) is 8.01. The van der Waals surface area contributed by atoms with Gasteiger partial charge in [-0.25, -0.2) is 0 Å². The number of rotatable bonds is 4. The third kappa shape index (κ3) is 4.45. The summed E-state index contributed by atoms with van der Waals surface area (Å²) in [7, 11) is 0. The number of nitrogens with zero attached hydrogens (tertiary/aromatic N) is 3. The Hall–Kier alpha value is -2.04. The van der Waals surface area contributed by atoms with Crippen molar-refractivity contribution in [2.24, 2.45) is 0 Å². The standard InChI is InChI=1S/C23H31N3O/c1-19-5-2-3-7-23(19)26-15-13-25(14-16-26)21-6-4-12-24(18-21)17-20-8-10-22(27)11-9-20/h2-3,5,7-11,21,27H,4,6,12-18H2,1H3/t21-/m0/s1. The molecule has 0 aliphatic carbocycles. The van der Waals surface area contributed by atoms with E-state index in [1.165, 1.54) is 36.2 Å². The summed E-state index contributed by atoms with van der Waals surface area (Å²) in [5, 5.41) is 9.47. The highest BCUT2D eigenvalue weighted by Gasteiger charge is 2.28. The first-order valence-electron chi connectivity index (χ1n) is 10.2. The van der Waals surface area contributed by atoms with Gasteiger partial charge in [-0.1, -0.05) is 30.3 Å². The van der Waals surface area contributed by atoms with Crippen LogP contribution in [-0.4, -0.2) is 60.2 Å². The van der Waals surface area contributed by atoms with Crippen molar-refractivity contribution in [3.8, 4) is 5.75 Å². The molecule has 2 aromatic carbocycles. The van der Waals surface area contributed by atoms with Gasteiger partial charge in [-0.15, -0.1) is 0 Å². The van der Waals surface area contributed by atoms with Crippen molar-refractivity contribution in [2.45, 2.75) is 32.4 Å². The van der Waals surface area contributed by atoms with Crippen molar-refractivity contribution in [1.29, 1.82) is 0 Å². The quantitative estimate of drug-likeness (QED) is 0.898. The summed E-state index contributed by atoms with van der Waals surface area (Å²) in [5.74, 6) is 0.349. The number of aryl methyl sites for hydroxylation is 1. The fraction of sp³-hybridized carbons (Fsp3) is 0.478. The van der Waals surface area contributed by atoms with Crippen molar-refractivity contribution in [1.82, 2.24) is 9.80 Å². The molecule has 0 aromatic heterocycles. The van der Waals surface area contributed by atoms with Crippen LogP contribution in [0.4, 0.5) is 5.69 Å². The lowest BCUT2D eigenvalue weighted by atomic mass is 10.0. The smallest absolute Gasteiger partial charge is 0.115 e. The highest BCUT2D eigenvalue weighted by molar-refractivity contribution is 5.53. The number of phenols is 1. The zero-order valence-corrected chi connectivity index (χ0v) is 16.3. The van der Waals surface area contributed by atoms with Gasteiger partial charge in [-0.05, 0) is 55.6 Å². The van der Waals surface area contributed by atoms with Gasteiger partial charge in [0.1, 0.15) is 5.75 Å². The molecule has 4 nitrogen and oxygen atoms in total. The Morgan fingerprint density at radius 2 is 1.67 bits per heavy atom. The van der Waals surface area contributed by atoms with Crippen molar-refractivity contribution >= 4 is 5.69 Å². The number of likely N-dealkylation sites (tertiary alicyclic amines) is 1. The van der Waals surface area contributed by atoms with E-state index in [9.17, 15) is 5.11 Å². The number of benzene rings is 2. The van der Waals surface area contributed by atoms with E-state index in [1.54, 1.807) is 12.1 Å². The van der Waals surface area contributed by atoms with E-state index >= 15 is 0 Å². The normalized spacial score (nSPS) is 22.1. The minimum absolute atomic E-state index is 0.349. The molecule has 27 heavy (non-hydrogen) atoms. The van der Waals surface area contributed by atoms with Crippen LogP contribution in [0.3, 0.4) is 0 Å². The lowest BCUT2D eigenvalue weighted by Crippen LogP contribution is -2.55. The van der Waals surface area contributed by atoms with Gasteiger partial charge >= 0.3 is 0 Å². The molecule has 0 saturated carbocycles. The summed E-state index contributed by atoms with van der Waals surface area (Å²) < 4.78 is 0. The number of piperidine rings is 1. The summed E-state index contributed by atoms with van der Waals surface area (Å²) in [6.45, 7) is 10.1. The summed E-state index contributed by atoms with van der Waals surface area (Å²) >= 11 is 0. The van der Waals surface area contributed by atoms with E-state index in [0.29, 0.717) is 11.8 Å². The van der Waals surface area contributed by atoms with Gasteiger partial charge in [0.15, 0.2) is 0 Å². The van der Waals surface area contributed by atoms with Crippen molar-refractivity contribution in [3.63, 3.8) is 0 Å². The van der Waals surface area contributed by atoms with E-state index < -0.39 is 0 Å². The van der Waals surface area contributed by atoms with Gasteiger partial charge in [-0.3, -0.25) is 9.80 Å². The van der Waals surface area contributed by atoms with Gasteiger partial charge in [-0.2, -0.15) is 0 Å². The van der Waals surface area contributed by atoms with Crippen molar-refractivity contribution < 1.29 is 5.11 Å². The number of para-hydroxylation sites is 1. The zero-order chi connectivity index (χ0) is 18.6. The number of anilines is 1. The molecule has 0 amide bonds. The molecule has 2 aliphatic rings. The SMILES string of the molecule is Cc1ccccc1N1CCN([C@H]2CCCN(Cc3ccc(O)cc3)C2)CC1. The number of hydrogen-bond acceptors (Lipinski definition) is 4. The van der Waals surface area contributed by atoms with Crippen LogP contribution in [-0.2, 0) is 6.54 Å². The molecule has 0 unspecified atom stereocenters. The fourth-order valence-electron chi connectivity index (χ4n) is 4.58. The highest BCUT2D eigenvalue weighted by atomic mass is 16.3. The van der Waals surface area contributed by atoms with Crippen LogP contribution in [0.1, 0.15) is 24.0 Å². The van der Waals surface area contributed by atoms with E-state index in [4.69, 9.17) is 0 Å². The Bertz CT molecular complexity index is 738. The van der Waals surface area contributed by atoms with Crippen molar-refractivity contribution in [2.75, 3.05) is 44.2 Å². The molecular weight excluding hydrogens is 334 g/mol. The number of piperazine rings is 1. The average molecular weight is 366 g/mol. The van der Waals surface area contributed by atoms with Crippen LogP contribution < -0.4 is 4.90 Å². The first-order valence-corrected chi connectivity index (χ1v) is 10.2. The monoisotopic (exact) mass is 365 g/mol. The predicted molar refractivity (Wildman–Crippen MR) is 111 cm³/mol. The summed E-state index contributed by atoms with van der Waals surface area (Å²) in [6.07, 6.45) is 2.59. The molecular formula is C23H31N3O. The van der Waals surface area contributed by atoms with Crippen LogP contribution in [0.15, 0.2) is 48.5 Å². The summed E-state index contributed by atoms with van der Waals surface area (Å²) in [4.78, 5) is 7.83. The third-order valence-corrected chi connectivity index (χ3v) is 6.11. The zero-order valence-electron chi connectivity index (χ0n) is 16.3. The van der Waals surface area contributed by atoms with E-state index in [-0.39, 0.29) is 0 Å². The fourth-order valence-corrected chi connectivity index (χ4v) is 4.58. The number of aromatic hydroxyl groups is 1. The molecule has 4 heteroatoms. The summed E-state index contributed by atoms with van der Waals surface area (Å²) in [5.41, 5.74) is 4.07. The third-order valence-electron chi connectivity index (χ3n) is 6.11. The second kappa shape index (κ2) is 8.32. The molecule has 2 saturated heterocycles. The Balaban J connectivity index is 1.31. The van der Waals surface area contributed by atoms with Gasteiger partial charge in [0.2, 0.25) is 0 Å². The molecule has 0 radical (unpaired) electrons.